The van der Waals surface area contributed by atoms with E-state index in [1.807, 2.05) is 27.7 Å². The number of hydrogen-bond donors (Lipinski definition) is 2. The number of hydrazone groups is 1. The molecule has 7 nitrogen and oxygen atoms in total. The average molecular weight is 352 g/mol. The Balaban J connectivity index is 1.84. The van der Waals surface area contributed by atoms with Gasteiger partial charge in [-0.3, -0.25) is 5.01 Å². The van der Waals surface area contributed by atoms with Gasteiger partial charge in [-0.2, -0.15) is 5.10 Å². The Morgan fingerprint density at radius 2 is 2.12 bits per heavy atom. The van der Waals surface area contributed by atoms with Crippen molar-refractivity contribution < 1.29 is 14.6 Å². The highest BCUT2D eigenvalue weighted by atomic mass is 16.6. The first-order valence-corrected chi connectivity index (χ1v) is 8.92. The van der Waals surface area contributed by atoms with Gasteiger partial charge in [0.1, 0.15) is 5.60 Å². The van der Waals surface area contributed by atoms with E-state index in [9.17, 15) is 9.90 Å². The second-order valence-corrected chi connectivity index (χ2v) is 8.22. The van der Waals surface area contributed by atoms with Crippen molar-refractivity contribution in [2.45, 2.75) is 70.9 Å². The summed E-state index contributed by atoms with van der Waals surface area (Å²) in [5, 5.41) is 19.3. The molecule has 2 rings (SSSR count). The molecule has 2 N–H and O–H groups in total. The Kier molecular flexibility index (Phi) is 5.66. The van der Waals surface area contributed by atoms with Crippen molar-refractivity contribution in [3.05, 3.63) is 12.8 Å². The highest BCUT2D eigenvalue weighted by molar-refractivity contribution is 5.69. The fraction of sp³-hybridized carbons (Fsp3) is 0.778. The molecule has 7 heteroatoms. The van der Waals surface area contributed by atoms with Crippen LogP contribution in [0.5, 0.6) is 0 Å². The van der Waals surface area contributed by atoms with Crippen LogP contribution in [-0.2, 0) is 4.74 Å². The summed E-state index contributed by atoms with van der Waals surface area (Å²) in [5.41, 5.74) is -0.333. The zero-order valence-electron chi connectivity index (χ0n) is 15.9. The second-order valence-electron chi connectivity index (χ2n) is 8.22. The fourth-order valence-corrected chi connectivity index (χ4v) is 3.77. The Morgan fingerprint density at radius 1 is 1.52 bits per heavy atom. The maximum atomic E-state index is 12.1. The zero-order valence-corrected chi connectivity index (χ0v) is 15.9. The third-order valence-corrected chi connectivity index (χ3v) is 4.98. The molecule has 1 amide bonds. The first-order chi connectivity index (χ1) is 11.6. The molecular formula is C18H32N4O3. The minimum atomic E-state index is -0.745. The summed E-state index contributed by atoms with van der Waals surface area (Å²) < 4.78 is 5.40. The van der Waals surface area contributed by atoms with Crippen molar-refractivity contribution in [3.8, 4) is 0 Å². The maximum Gasteiger partial charge on any atom is 0.410 e. The van der Waals surface area contributed by atoms with E-state index in [0.29, 0.717) is 13.1 Å². The Bertz CT molecular complexity index is 503. The first kappa shape index (κ1) is 19.6. The molecule has 25 heavy (non-hydrogen) atoms. The number of aliphatic hydroxyl groups excluding tert-OH is 1. The van der Waals surface area contributed by atoms with E-state index in [2.05, 4.69) is 23.7 Å². The lowest BCUT2D eigenvalue weighted by atomic mass is 9.60. The first-order valence-electron chi connectivity index (χ1n) is 8.92. The number of aliphatic hydroxyl groups is 1. The van der Waals surface area contributed by atoms with Crippen molar-refractivity contribution in [2.24, 2.45) is 10.5 Å². The molecule has 0 aromatic rings. The zero-order chi connectivity index (χ0) is 18.8. The molecule has 1 heterocycles. The largest absolute Gasteiger partial charge is 0.444 e. The monoisotopic (exact) mass is 352 g/mol. The van der Waals surface area contributed by atoms with Gasteiger partial charge in [-0.1, -0.05) is 13.5 Å². The van der Waals surface area contributed by atoms with Crippen molar-refractivity contribution >= 4 is 12.8 Å². The van der Waals surface area contributed by atoms with Gasteiger partial charge in [0.25, 0.3) is 0 Å². The summed E-state index contributed by atoms with van der Waals surface area (Å²) in [6.07, 6.45) is 3.14. The van der Waals surface area contributed by atoms with Crippen LogP contribution in [-0.4, -0.2) is 64.8 Å². The summed E-state index contributed by atoms with van der Waals surface area (Å²) in [6.45, 7) is 16.3. The molecule has 2 atom stereocenters. The van der Waals surface area contributed by atoms with E-state index in [-0.39, 0.29) is 23.6 Å². The van der Waals surface area contributed by atoms with Crippen LogP contribution in [0.15, 0.2) is 17.9 Å². The van der Waals surface area contributed by atoms with Crippen LogP contribution in [0.25, 0.3) is 0 Å². The van der Waals surface area contributed by atoms with Gasteiger partial charge in [0.2, 0.25) is 0 Å². The summed E-state index contributed by atoms with van der Waals surface area (Å²) in [5.74, 6) is 0. The van der Waals surface area contributed by atoms with E-state index in [0.717, 1.165) is 19.3 Å². The second kappa shape index (κ2) is 7.23. The molecular weight excluding hydrogens is 320 g/mol. The van der Waals surface area contributed by atoms with Crippen LogP contribution in [0.4, 0.5) is 4.79 Å². The highest BCUT2D eigenvalue weighted by Crippen LogP contribution is 2.51. The molecule has 2 aliphatic rings. The predicted molar refractivity (Wildman–Crippen MR) is 98.1 cm³/mol. The topological polar surface area (TPSA) is 77.4 Å². The number of hydrogen-bond acceptors (Lipinski definition) is 6. The van der Waals surface area contributed by atoms with Gasteiger partial charge in [-0.25, -0.2) is 4.79 Å². The van der Waals surface area contributed by atoms with E-state index in [4.69, 9.17) is 4.74 Å². The van der Waals surface area contributed by atoms with Gasteiger partial charge >= 0.3 is 6.09 Å². The minimum Gasteiger partial charge on any atom is -0.444 e. The number of ether oxygens (including phenoxy) is 1. The molecule has 0 aromatic heterocycles. The number of carbonyl (C=O) groups is 1. The molecule has 1 unspecified atom stereocenters. The molecule has 1 aliphatic heterocycles. The van der Waals surface area contributed by atoms with Crippen LogP contribution in [0.3, 0.4) is 0 Å². The standard InChI is InChI=1S/C18H32N4O3/c1-7-14(20-8-2)15(23)22(19-6)13-9-18(10-13)11-21(12-18)16(24)25-17(3,4)5/h8,13-15,20,23H,2,6-7,9-12H2,1,3-5H3/t14-,15?/m1/s1. The van der Waals surface area contributed by atoms with Gasteiger partial charge in [-0.05, 0) is 46.2 Å². The Morgan fingerprint density at radius 3 is 2.56 bits per heavy atom. The van der Waals surface area contributed by atoms with Crippen LogP contribution in [0, 0.1) is 5.41 Å². The summed E-state index contributed by atoms with van der Waals surface area (Å²) in [4.78, 5) is 13.8. The minimum absolute atomic E-state index is 0.137. The molecule has 142 valence electrons. The van der Waals surface area contributed by atoms with Gasteiger partial charge in [0, 0.05) is 25.2 Å². The molecule has 1 spiro atoms. The van der Waals surface area contributed by atoms with Crippen molar-refractivity contribution in [1.29, 1.82) is 0 Å². The Hall–Kier alpha value is -1.76. The SMILES string of the molecule is C=CN[C@H](CC)C(O)N(N=C)C1CC2(C1)CN(C(=O)OC(C)(C)C)C2. The van der Waals surface area contributed by atoms with E-state index < -0.39 is 11.8 Å². The quantitative estimate of drug-likeness (QED) is 0.417. The van der Waals surface area contributed by atoms with Crippen LogP contribution in [0.2, 0.25) is 0 Å². The number of nitrogens with zero attached hydrogens (tertiary/aromatic N) is 3. The van der Waals surface area contributed by atoms with E-state index in [1.165, 1.54) is 0 Å². The molecule has 1 saturated carbocycles. The molecule has 0 aromatic carbocycles. The number of rotatable bonds is 7. The predicted octanol–water partition coefficient (Wildman–Crippen LogP) is 2.13. The summed E-state index contributed by atoms with van der Waals surface area (Å²) >= 11 is 0. The third kappa shape index (κ3) is 4.26. The lowest BCUT2D eigenvalue weighted by Crippen LogP contribution is -2.68. The highest BCUT2D eigenvalue weighted by Gasteiger charge is 2.56. The fourth-order valence-electron chi connectivity index (χ4n) is 3.77. The van der Waals surface area contributed by atoms with E-state index in [1.54, 1.807) is 16.1 Å². The van der Waals surface area contributed by atoms with Gasteiger partial charge in [-0.15, -0.1) is 0 Å². The van der Waals surface area contributed by atoms with Gasteiger partial charge in [0.15, 0.2) is 6.23 Å². The molecule has 2 fully saturated rings. The summed E-state index contributed by atoms with van der Waals surface area (Å²) in [7, 11) is 0. The van der Waals surface area contributed by atoms with Gasteiger partial charge < -0.3 is 20.1 Å². The molecule has 0 bridgehead atoms. The normalized spacial score (nSPS) is 21.6. The van der Waals surface area contributed by atoms with Crippen molar-refractivity contribution in [1.82, 2.24) is 15.2 Å². The number of nitrogens with one attached hydrogen (secondary N) is 1. The maximum absolute atomic E-state index is 12.1. The molecule has 0 radical (unpaired) electrons. The number of amides is 1. The van der Waals surface area contributed by atoms with Gasteiger partial charge in [0.05, 0.1) is 12.1 Å². The van der Waals surface area contributed by atoms with Crippen LogP contribution < -0.4 is 5.32 Å². The third-order valence-electron chi connectivity index (χ3n) is 4.98. The lowest BCUT2D eigenvalue weighted by molar-refractivity contribution is -0.145. The molecule has 1 aliphatic carbocycles. The smallest absolute Gasteiger partial charge is 0.410 e. The average Bonchev–Trinajstić information content (AvgIpc) is 2.43. The van der Waals surface area contributed by atoms with Crippen LogP contribution in [0.1, 0.15) is 47.0 Å². The lowest BCUT2D eigenvalue weighted by Gasteiger charge is -2.60. The van der Waals surface area contributed by atoms with Crippen molar-refractivity contribution in [2.75, 3.05) is 13.1 Å². The molecule has 1 saturated heterocycles. The number of likely N-dealkylation sites (tertiary alicyclic amines) is 1. The Labute approximate surface area is 150 Å². The summed E-state index contributed by atoms with van der Waals surface area (Å²) in [6, 6.07) is 0.00755. The number of carbonyl (C=O) groups excluding carboxylic acids is 1. The van der Waals surface area contributed by atoms with Crippen molar-refractivity contribution in [3.63, 3.8) is 0 Å². The van der Waals surface area contributed by atoms with Crippen LogP contribution >= 0.6 is 0 Å². The van der Waals surface area contributed by atoms with E-state index >= 15 is 0 Å².